The lowest BCUT2D eigenvalue weighted by Crippen LogP contribution is -2.24. The molecule has 25 heavy (non-hydrogen) atoms. The van der Waals surface area contributed by atoms with Gasteiger partial charge in [0.05, 0.1) is 5.25 Å². The average molecular weight is 354 g/mol. The van der Waals surface area contributed by atoms with Crippen LogP contribution in [0.4, 0.5) is 11.4 Å². The number of benzene rings is 2. The van der Waals surface area contributed by atoms with E-state index in [1.807, 2.05) is 62.4 Å². The molecule has 2 aromatic carbocycles. The van der Waals surface area contributed by atoms with Crippen molar-refractivity contribution in [1.82, 2.24) is 0 Å². The Bertz CT molecular complexity index is 756. The first-order chi connectivity index (χ1) is 12.0. The van der Waals surface area contributed by atoms with Gasteiger partial charge in [-0.3, -0.25) is 9.59 Å². The van der Waals surface area contributed by atoms with Gasteiger partial charge in [0.15, 0.2) is 0 Å². The molecule has 1 N–H and O–H groups in total. The predicted molar refractivity (Wildman–Crippen MR) is 103 cm³/mol. The number of carbonyl (C=O) groups excluding carboxylic acids is 2. The fourth-order valence-corrected chi connectivity index (χ4v) is 3.63. The molecule has 5 heteroatoms. The van der Waals surface area contributed by atoms with E-state index in [-0.39, 0.29) is 17.1 Å². The van der Waals surface area contributed by atoms with Gasteiger partial charge in [-0.25, -0.2) is 0 Å². The number of carbonyl (C=O) groups is 2. The summed E-state index contributed by atoms with van der Waals surface area (Å²) in [6.45, 7) is 4.72. The summed E-state index contributed by atoms with van der Waals surface area (Å²) in [6.07, 6.45) is 1.53. The summed E-state index contributed by atoms with van der Waals surface area (Å²) in [7, 11) is 0. The molecule has 0 spiro atoms. The first-order valence-corrected chi connectivity index (χ1v) is 9.35. The fourth-order valence-electron chi connectivity index (χ4n) is 2.76. The van der Waals surface area contributed by atoms with E-state index in [0.29, 0.717) is 6.42 Å². The Morgan fingerprint density at radius 2 is 1.80 bits per heavy atom. The number of anilines is 2. The second kappa shape index (κ2) is 7.74. The SMILES string of the molecule is Cc1ccc(SC(C)C(=O)Nc2ccc(N3CCCC3=O)cc2)cc1. The number of aryl methyl sites for hydroxylation is 1. The van der Waals surface area contributed by atoms with Gasteiger partial charge in [-0.15, -0.1) is 11.8 Å². The Morgan fingerprint density at radius 1 is 1.12 bits per heavy atom. The summed E-state index contributed by atoms with van der Waals surface area (Å²) in [6, 6.07) is 15.6. The average Bonchev–Trinajstić information content (AvgIpc) is 3.03. The van der Waals surface area contributed by atoms with E-state index in [1.165, 1.54) is 17.3 Å². The van der Waals surface area contributed by atoms with Crippen LogP contribution in [0.5, 0.6) is 0 Å². The lowest BCUT2D eigenvalue weighted by molar-refractivity contribution is -0.117. The molecule has 3 rings (SSSR count). The molecule has 0 bridgehead atoms. The van der Waals surface area contributed by atoms with Gasteiger partial charge in [0.1, 0.15) is 0 Å². The lowest BCUT2D eigenvalue weighted by Gasteiger charge is -2.17. The highest BCUT2D eigenvalue weighted by molar-refractivity contribution is 8.00. The van der Waals surface area contributed by atoms with Crippen molar-refractivity contribution in [2.75, 3.05) is 16.8 Å². The number of rotatable bonds is 5. The Hall–Kier alpha value is -2.27. The van der Waals surface area contributed by atoms with Crippen molar-refractivity contribution < 1.29 is 9.59 Å². The zero-order chi connectivity index (χ0) is 17.8. The van der Waals surface area contributed by atoms with Crippen LogP contribution < -0.4 is 10.2 Å². The maximum Gasteiger partial charge on any atom is 0.237 e. The molecule has 0 saturated carbocycles. The molecular weight excluding hydrogens is 332 g/mol. The van der Waals surface area contributed by atoms with Crippen molar-refractivity contribution in [1.29, 1.82) is 0 Å². The Morgan fingerprint density at radius 3 is 2.40 bits per heavy atom. The van der Waals surface area contributed by atoms with Gasteiger partial charge in [-0.2, -0.15) is 0 Å². The van der Waals surface area contributed by atoms with Gasteiger partial charge in [0, 0.05) is 29.2 Å². The molecule has 2 amide bonds. The molecule has 1 saturated heterocycles. The van der Waals surface area contributed by atoms with Crippen LogP contribution in [0, 0.1) is 6.92 Å². The third-order valence-electron chi connectivity index (χ3n) is 4.22. The van der Waals surface area contributed by atoms with Crippen molar-refractivity contribution in [2.45, 2.75) is 36.8 Å². The number of thioether (sulfide) groups is 1. The first-order valence-electron chi connectivity index (χ1n) is 8.47. The molecule has 0 aliphatic carbocycles. The van der Waals surface area contributed by atoms with E-state index in [4.69, 9.17) is 0 Å². The second-order valence-electron chi connectivity index (χ2n) is 6.26. The van der Waals surface area contributed by atoms with E-state index in [2.05, 4.69) is 5.32 Å². The van der Waals surface area contributed by atoms with Gasteiger partial charge >= 0.3 is 0 Å². The minimum Gasteiger partial charge on any atom is -0.325 e. The largest absolute Gasteiger partial charge is 0.325 e. The molecule has 1 aliphatic rings. The molecule has 4 nitrogen and oxygen atoms in total. The standard InChI is InChI=1S/C20H22N2O2S/c1-14-5-11-18(12-6-14)25-15(2)20(24)21-16-7-9-17(10-8-16)22-13-3-4-19(22)23/h5-12,15H,3-4,13H2,1-2H3,(H,21,24). The monoisotopic (exact) mass is 354 g/mol. The number of hydrogen-bond acceptors (Lipinski definition) is 3. The maximum absolute atomic E-state index is 12.4. The molecule has 0 aromatic heterocycles. The van der Waals surface area contributed by atoms with Crippen molar-refractivity contribution in [3.63, 3.8) is 0 Å². The molecule has 2 aromatic rings. The third kappa shape index (κ3) is 4.42. The van der Waals surface area contributed by atoms with Crippen molar-refractivity contribution in [3.8, 4) is 0 Å². The zero-order valence-corrected chi connectivity index (χ0v) is 15.3. The highest BCUT2D eigenvalue weighted by atomic mass is 32.2. The number of hydrogen-bond donors (Lipinski definition) is 1. The van der Waals surface area contributed by atoms with Gasteiger partial charge in [-0.05, 0) is 56.7 Å². The van der Waals surface area contributed by atoms with Crippen LogP contribution in [-0.4, -0.2) is 23.6 Å². The molecular formula is C20H22N2O2S. The normalized spacial score (nSPS) is 15.3. The second-order valence-corrected chi connectivity index (χ2v) is 7.67. The summed E-state index contributed by atoms with van der Waals surface area (Å²) in [5, 5.41) is 2.75. The van der Waals surface area contributed by atoms with Crippen LogP contribution in [-0.2, 0) is 9.59 Å². The van der Waals surface area contributed by atoms with Gasteiger partial charge in [0.25, 0.3) is 0 Å². The molecule has 1 heterocycles. The highest BCUT2D eigenvalue weighted by Gasteiger charge is 2.21. The van der Waals surface area contributed by atoms with E-state index in [1.54, 1.807) is 4.90 Å². The topological polar surface area (TPSA) is 49.4 Å². The summed E-state index contributed by atoms with van der Waals surface area (Å²) in [5.74, 6) is 0.135. The third-order valence-corrected chi connectivity index (χ3v) is 5.33. The molecule has 130 valence electrons. The Balaban J connectivity index is 1.58. The fraction of sp³-hybridized carbons (Fsp3) is 0.300. The summed E-state index contributed by atoms with van der Waals surface area (Å²) >= 11 is 1.54. The quantitative estimate of drug-likeness (QED) is 0.817. The van der Waals surface area contributed by atoms with Crippen LogP contribution in [0.2, 0.25) is 0 Å². The molecule has 1 aliphatic heterocycles. The van der Waals surface area contributed by atoms with Gasteiger partial charge in [-0.1, -0.05) is 17.7 Å². The van der Waals surface area contributed by atoms with E-state index >= 15 is 0 Å². The molecule has 1 fully saturated rings. The number of amides is 2. The smallest absolute Gasteiger partial charge is 0.237 e. The van der Waals surface area contributed by atoms with Crippen LogP contribution in [0.1, 0.15) is 25.3 Å². The Labute approximate surface area is 152 Å². The van der Waals surface area contributed by atoms with E-state index < -0.39 is 0 Å². The van der Waals surface area contributed by atoms with Crippen molar-refractivity contribution in [3.05, 3.63) is 54.1 Å². The predicted octanol–water partition coefficient (Wildman–Crippen LogP) is 4.24. The summed E-state index contributed by atoms with van der Waals surface area (Å²) in [5.41, 5.74) is 2.84. The van der Waals surface area contributed by atoms with Gasteiger partial charge in [0.2, 0.25) is 11.8 Å². The van der Waals surface area contributed by atoms with Gasteiger partial charge < -0.3 is 10.2 Å². The summed E-state index contributed by atoms with van der Waals surface area (Å²) in [4.78, 5) is 27.0. The minimum atomic E-state index is -0.192. The highest BCUT2D eigenvalue weighted by Crippen LogP contribution is 2.26. The van der Waals surface area contributed by atoms with Crippen LogP contribution in [0.25, 0.3) is 0 Å². The van der Waals surface area contributed by atoms with Crippen molar-refractivity contribution >= 4 is 35.0 Å². The van der Waals surface area contributed by atoms with Crippen LogP contribution in [0.15, 0.2) is 53.4 Å². The number of nitrogens with one attached hydrogen (secondary N) is 1. The summed E-state index contributed by atoms with van der Waals surface area (Å²) < 4.78 is 0. The van der Waals surface area contributed by atoms with Crippen molar-refractivity contribution in [2.24, 2.45) is 0 Å². The van der Waals surface area contributed by atoms with Crippen LogP contribution >= 0.6 is 11.8 Å². The number of nitrogens with zero attached hydrogens (tertiary/aromatic N) is 1. The lowest BCUT2D eigenvalue weighted by atomic mass is 10.2. The van der Waals surface area contributed by atoms with Crippen LogP contribution in [0.3, 0.4) is 0 Å². The molecule has 0 radical (unpaired) electrons. The molecule has 1 atom stereocenters. The van der Waals surface area contributed by atoms with E-state index in [0.717, 1.165) is 29.2 Å². The zero-order valence-electron chi connectivity index (χ0n) is 14.5. The maximum atomic E-state index is 12.4. The Kier molecular flexibility index (Phi) is 5.43. The van der Waals surface area contributed by atoms with E-state index in [9.17, 15) is 9.59 Å². The molecule has 1 unspecified atom stereocenters. The minimum absolute atomic E-state index is 0.0319. The first kappa shape index (κ1) is 17.5.